The Hall–Kier alpha value is 1.66. The van der Waals surface area contributed by atoms with E-state index >= 15 is 4.79 Å². The molecule has 2 amide bonds. The monoisotopic (exact) mass is 1170 g/mol. The number of halogens is 4. The average molecular weight is 1170 g/mol. The fourth-order valence-electron chi connectivity index (χ4n) is 8.90. The summed E-state index contributed by atoms with van der Waals surface area (Å²) in [7, 11) is 0. The van der Waals surface area contributed by atoms with Crippen molar-refractivity contribution in [1.29, 1.82) is 0 Å². The van der Waals surface area contributed by atoms with E-state index in [9.17, 15) is 30.3 Å². The minimum absolute atomic E-state index is 0.133. The molecule has 302 valence electrons. The van der Waals surface area contributed by atoms with Gasteiger partial charge in [-0.25, -0.2) is 0 Å². The lowest BCUT2D eigenvalue weighted by Gasteiger charge is -2.75. The molecule has 9 nitrogen and oxygen atoms in total. The van der Waals surface area contributed by atoms with Crippen LogP contribution in [0.3, 0.4) is 0 Å². The molecular weight excluding hydrogens is 1100 g/mol. The number of aliphatic hydroxyl groups excluding tert-OH is 5. The Morgan fingerprint density at radius 1 is 0.490 bits per heavy atom. The molecule has 0 aromatic rings. The number of aliphatic hydroxyl groups is 5. The molecule has 0 aromatic carbocycles. The molecule has 0 radical (unpaired) electrons. The van der Waals surface area contributed by atoms with Crippen LogP contribution in [0.15, 0.2) is 0 Å². The molecule has 1 aliphatic rings. The number of carbonyl (C=O) groups excluding carboxylic acids is 2. The Bertz CT molecular complexity index is 1010. The smallest absolute Gasteiger partial charge is 0.229 e. The highest BCUT2D eigenvalue weighted by Crippen LogP contribution is 2.77. The van der Waals surface area contributed by atoms with Gasteiger partial charge in [-0.15, -0.1) is 0 Å². The van der Waals surface area contributed by atoms with Gasteiger partial charge in [0, 0.05) is 0 Å². The van der Waals surface area contributed by atoms with Gasteiger partial charge in [-0.2, -0.15) is 0 Å². The number of hydrogen-bond acceptors (Lipinski definition) is 7. The van der Waals surface area contributed by atoms with Gasteiger partial charge in [0.1, 0.15) is 5.41 Å². The van der Waals surface area contributed by atoms with E-state index in [0.717, 1.165) is 64.2 Å². The van der Waals surface area contributed by atoms with Gasteiger partial charge >= 0.3 is 0 Å². The van der Waals surface area contributed by atoms with Crippen LogP contribution in [0.1, 0.15) is 163 Å². The van der Waals surface area contributed by atoms with Crippen LogP contribution in [-0.4, -0.2) is 81.6 Å². The lowest BCUT2D eigenvalue weighted by Crippen LogP contribution is -2.92. The molecule has 9 atom stereocenters. The number of rotatable bonds is 27. The molecule has 1 fully saturated rings. The Labute approximate surface area is 363 Å². The van der Waals surface area contributed by atoms with Crippen LogP contribution in [0, 0.1) is 11.3 Å². The number of unbranched alkanes of at least 4 members (excludes halogenated alkanes) is 10. The summed E-state index contributed by atoms with van der Waals surface area (Å²) in [6.07, 6.45) is 5.46. The van der Waals surface area contributed by atoms with Gasteiger partial charge in [-0.3, -0.25) is 9.59 Å². The Morgan fingerprint density at radius 2 is 0.745 bits per heavy atom. The zero-order valence-corrected chi connectivity index (χ0v) is 40.5. The number of hydrogen-bond donors (Lipinski definition) is 7. The SMILES string of the molecule is CCCCCC(O)C1(I)C(C(N)=O)C(I)(C(O)CCCCC)C(I)(C(O)CCCCC)C(C(N)=O)(C(O)CCCCC)C1(I)C(O)CCCCC. The average Bonchev–Trinajstić information content (AvgIpc) is 3.07. The normalized spacial score (nSPS) is 32.6. The van der Waals surface area contributed by atoms with E-state index < -0.39 is 67.4 Å². The zero-order valence-electron chi connectivity index (χ0n) is 31.8. The van der Waals surface area contributed by atoms with Crippen LogP contribution < -0.4 is 11.5 Å². The Kier molecular flexibility index (Phi) is 23.0. The molecular formula is C38H70I4N2O7. The molecule has 51 heavy (non-hydrogen) atoms. The minimum Gasteiger partial charge on any atom is -0.392 e. The molecule has 0 bridgehead atoms. The van der Waals surface area contributed by atoms with Crippen molar-refractivity contribution in [3.63, 3.8) is 0 Å². The third-order valence-corrected chi connectivity index (χ3v) is 22.9. The first-order valence-corrected chi connectivity index (χ1v) is 24.0. The third kappa shape index (κ3) is 9.69. The largest absolute Gasteiger partial charge is 0.392 e. The molecule has 0 aliphatic heterocycles. The summed E-state index contributed by atoms with van der Waals surface area (Å²) in [5, 5.41) is 63.8. The van der Waals surface area contributed by atoms with E-state index in [0.29, 0.717) is 32.1 Å². The first kappa shape index (κ1) is 50.7. The number of carbonyl (C=O) groups is 2. The van der Waals surface area contributed by atoms with E-state index in [4.69, 9.17) is 11.5 Å². The van der Waals surface area contributed by atoms with E-state index in [2.05, 4.69) is 104 Å². The first-order chi connectivity index (χ1) is 23.9. The third-order valence-electron chi connectivity index (χ3n) is 11.6. The molecule has 1 rings (SSSR count). The molecule has 0 spiro atoms. The molecule has 9 N–H and O–H groups in total. The molecule has 13 heteroatoms. The highest BCUT2D eigenvalue weighted by Gasteiger charge is 2.89. The summed E-state index contributed by atoms with van der Waals surface area (Å²) in [6, 6.07) is 0. The maximum Gasteiger partial charge on any atom is 0.229 e. The topological polar surface area (TPSA) is 187 Å². The number of amides is 2. The standard InChI is InChI=1S/C38H70I4N2O7/c1-6-11-16-21-26(45)34(33(44)51)37(41,29(48)24-19-14-9-4)35(39,27(46)22-17-12-7-2)31(32(43)50)36(40,28(47)23-18-13-8-3)38(34,42)30(49)25-20-15-10-5/h26-31,45-49H,6-25H2,1-5H3,(H2,43,50)(H2,44,51). The molecule has 1 saturated carbocycles. The van der Waals surface area contributed by atoms with E-state index in [1.54, 1.807) is 0 Å². The first-order valence-electron chi connectivity index (χ1n) is 19.7. The van der Waals surface area contributed by atoms with Gasteiger partial charge in [-0.1, -0.05) is 221 Å². The van der Waals surface area contributed by atoms with Gasteiger partial charge in [-0.05, 0) is 32.1 Å². The zero-order chi connectivity index (χ0) is 39.3. The van der Waals surface area contributed by atoms with Gasteiger partial charge in [0.25, 0.3) is 0 Å². The summed E-state index contributed by atoms with van der Waals surface area (Å²) in [5.41, 5.74) is 11.1. The summed E-state index contributed by atoms with van der Waals surface area (Å²) in [6.45, 7) is 10.2. The van der Waals surface area contributed by atoms with Gasteiger partial charge in [0.2, 0.25) is 11.8 Å². The van der Waals surface area contributed by atoms with E-state index in [1.165, 1.54) is 0 Å². The molecule has 0 heterocycles. The maximum atomic E-state index is 15.0. The van der Waals surface area contributed by atoms with Gasteiger partial charge < -0.3 is 37.0 Å². The highest BCUT2D eigenvalue weighted by atomic mass is 127. The van der Waals surface area contributed by atoms with Crippen molar-refractivity contribution >= 4 is 102 Å². The van der Waals surface area contributed by atoms with Crippen LogP contribution in [-0.2, 0) is 9.59 Å². The second-order valence-corrected chi connectivity index (χ2v) is 22.0. The molecule has 0 aromatic heterocycles. The van der Waals surface area contributed by atoms with Gasteiger partial charge in [0.05, 0.1) is 50.1 Å². The van der Waals surface area contributed by atoms with Crippen LogP contribution in [0.25, 0.3) is 0 Å². The quantitative estimate of drug-likeness (QED) is 0.0247. The molecule has 9 unspecified atom stereocenters. The second kappa shape index (κ2) is 23.2. The van der Waals surface area contributed by atoms with E-state index in [1.807, 2.05) is 20.8 Å². The van der Waals surface area contributed by atoms with Crippen molar-refractivity contribution in [3.05, 3.63) is 0 Å². The van der Waals surface area contributed by atoms with E-state index in [-0.39, 0.29) is 32.1 Å². The predicted octanol–water partition coefficient (Wildman–Crippen LogP) is 7.97. The fourth-order valence-corrected chi connectivity index (χ4v) is 17.9. The van der Waals surface area contributed by atoms with Crippen molar-refractivity contribution in [2.75, 3.05) is 0 Å². The summed E-state index contributed by atoms with van der Waals surface area (Å²) < 4.78 is -7.11. The van der Waals surface area contributed by atoms with Crippen LogP contribution in [0.5, 0.6) is 0 Å². The summed E-state index contributed by atoms with van der Waals surface area (Å²) in [5.74, 6) is -3.08. The Morgan fingerprint density at radius 3 is 0.980 bits per heavy atom. The van der Waals surface area contributed by atoms with Crippen molar-refractivity contribution < 1.29 is 35.1 Å². The number of nitrogens with two attached hydrogens (primary N) is 2. The molecule has 1 aliphatic carbocycles. The van der Waals surface area contributed by atoms with Gasteiger partial charge in [0.15, 0.2) is 0 Å². The van der Waals surface area contributed by atoms with Crippen LogP contribution in [0.4, 0.5) is 0 Å². The fraction of sp³-hybridized carbons (Fsp3) is 0.947. The minimum atomic E-state index is -2.15. The summed E-state index contributed by atoms with van der Waals surface area (Å²) in [4.78, 5) is 29.4. The number of alkyl halides is 4. The molecule has 0 saturated heterocycles. The predicted molar refractivity (Wildman–Crippen MR) is 242 cm³/mol. The van der Waals surface area contributed by atoms with Crippen molar-refractivity contribution in [1.82, 2.24) is 0 Å². The lowest BCUT2D eigenvalue weighted by atomic mass is 9.42. The van der Waals surface area contributed by atoms with Crippen LogP contribution >= 0.6 is 90.4 Å². The maximum absolute atomic E-state index is 15.0. The highest BCUT2D eigenvalue weighted by molar-refractivity contribution is 14.1. The van der Waals surface area contributed by atoms with Crippen LogP contribution in [0.2, 0.25) is 0 Å². The van der Waals surface area contributed by atoms with Crippen molar-refractivity contribution in [2.45, 2.75) is 207 Å². The lowest BCUT2D eigenvalue weighted by molar-refractivity contribution is -0.185. The van der Waals surface area contributed by atoms with Crippen molar-refractivity contribution in [2.24, 2.45) is 22.8 Å². The second-order valence-electron chi connectivity index (χ2n) is 15.0. The number of primary amides is 2. The Balaban J connectivity index is 4.77. The van der Waals surface area contributed by atoms with Crippen molar-refractivity contribution in [3.8, 4) is 0 Å². The summed E-state index contributed by atoms with van der Waals surface area (Å²) >= 11 is 8.29.